The van der Waals surface area contributed by atoms with E-state index in [1.165, 1.54) is 24.3 Å². The first-order valence-corrected chi connectivity index (χ1v) is 9.05. The van der Waals surface area contributed by atoms with Crippen LogP contribution in [0.1, 0.15) is 39.3 Å². The Morgan fingerprint density at radius 1 is 1.50 bits per heavy atom. The second-order valence-corrected chi connectivity index (χ2v) is 7.50. The van der Waals surface area contributed by atoms with Gasteiger partial charge in [-0.2, -0.15) is 11.8 Å². The molecule has 1 aliphatic heterocycles. The van der Waals surface area contributed by atoms with E-state index >= 15 is 0 Å². The van der Waals surface area contributed by atoms with Crippen molar-refractivity contribution in [1.82, 2.24) is 4.98 Å². The maximum atomic E-state index is 12.0. The first-order valence-electron chi connectivity index (χ1n) is 7.01. The summed E-state index contributed by atoms with van der Waals surface area (Å²) in [4.78, 5) is 16.6. The van der Waals surface area contributed by atoms with E-state index in [0.717, 1.165) is 10.8 Å². The lowest BCUT2D eigenvalue weighted by Gasteiger charge is -2.22. The van der Waals surface area contributed by atoms with Crippen molar-refractivity contribution in [1.29, 1.82) is 0 Å². The topological polar surface area (TPSA) is 51.2 Å². The fourth-order valence-electron chi connectivity index (χ4n) is 2.06. The Balaban J connectivity index is 2.02. The summed E-state index contributed by atoms with van der Waals surface area (Å²) in [5, 5.41) is 6.35. The normalized spacial score (nSPS) is 16.9. The number of carbonyl (C=O) groups is 1. The number of aromatic nitrogens is 1. The van der Waals surface area contributed by atoms with Crippen LogP contribution in [0.15, 0.2) is 5.38 Å². The molecule has 0 atom stereocenters. The summed E-state index contributed by atoms with van der Waals surface area (Å²) in [5.41, 5.74) is 0.100. The molecule has 112 valence electrons. The van der Waals surface area contributed by atoms with E-state index in [0.29, 0.717) is 12.6 Å². The molecule has 1 saturated heterocycles. The van der Waals surface area contributed by atoms with Crippen molar-refractivity contribution in [3.63, 3.8) is 0 Å². The molecule has 1 aromatic rings. The molecule has 20 heavy (non-hydrogen) atoms. The molecule has 0 spiro atoms. The van der Waals surface area contributed by atoms with Gasteiger partial charge in [0.15, 0.2) is 5.13 Å². The number of thiazole rings is 1. The number of carbonyl (C=O) groups excluding carboxylic acids is 1. The van der Waals surface area contributed by atoms with Gasteiger partial charge in [0.25, 0.3) is 0 Å². The summed E-state index contributed by atoms with van der Waals surface area (Å²) < 4.78 is 5.12. The second-order valence-electron chi connectivity index (χ2n) is 5.41. The molecule has 6 heteroatoms. The summed E-state index contributed by atoms with van der Waals surface area (Å²) in [6.45, 7) is 5.95. The van der Waals surface area contributed by atoms with Crippen LogP contribution in [-0.2, 0) is 14.9 Å². The van der Waals surface area contributed by atoms with Gasteiger partial charge < -0.3 is 10.1 Å². The molecule has 0 amide bonds. The Kier molecular flexibility index (Phi) is 5.32. The van der Waals surface area contributed by atoms with Crippen LogP contribution in [0.2, 0.25) is 0 Å². The van der Waals surface area contributed by atoms with Crippen LogP contribution in [0.25, 0.3) is 0 Å². The number of ether oxygens (including phenoxy) is 1. The van der Waals surface area contributed by atoms with Crippen LogP contribution in [0.5, 0.6) is 0 Å². The van der Waals surface area contributed by atoms with E-state index in [2.05, 4.69) is 10.3 Å². The number of hydrogen-bond donors (Lipinski definition) is 1. The van der Waals surface area contributed by atoms with Crippen LogP contribution < -0.4 is 5.32 Å². The summed E-state index contributed by atoms with van der Waals surface area (Å²) >= 11 is 3.58. The van der Waals surface area contributed by atoms with Crippen molar-refractivity contribution in [2.45, 2.75) is 45.1 Å². The minimum atomic E-state index is -0.686. The van der Waals surface area contributed by atoms with Crippen LogP contribution in [0.4, 0.5) is 5.13 Å². The average Bonchev–Trinajstić information content (AvgIpc) is 2.89. The predicted octanol–water partition coefficient (Wildman–Crippen LogP) is 3.29. The molecular weight excluding hydrogens is 292 g/mol. The van der Waals surface area contributed by atoms with Gasteiger partial charge in [0.2, 0.25) is 0 Å². The Morgan fingerprint density at radius 3 is 2.85 bits per heavy atom. The molecular formula is C14H22N2O2S2. The molecule has 0 saturated carbocycles. The van der Waals surface area contributed by atoms with Crippen molar-refractivity contribution in [3.05, 3.63) is 11.1 Å². The summed E-state index contributed by atoms with van der Waals surface area (Å²) in [5.74, 6) is 2.21. The van der Waals surface area contributed by atoms with Crippen LogP contribution in [-0.4, -0.2) is 35.1 Å². The molecule has 1 aliphatic rings. The van der Waals surface area contributed by atoms with E-state index in [-0.39, 0.29) is 5.97 Å². The molecule has 2 heterocycles. The maximum absolute atomic E-state index is 12.0. The van der Waals surface area contributed by atoms with Gasteiger partial charge in [-0.1, -0.05) is 0 Å². The number of rotatable bonds is 5. The maximum Gasteiger partial charge on any atom is 0.317 e. The zero-order chi connectivity index (χ0) is 14.6. The first kappa shape index (κ1) is 15.6. The summed E-state index contributed by atoms with van der Waals surface area (Å²) in [6, 6.07) is 0.515. The SMILES string of the molecule is CCOC(=O)C(C)(C)c1csc(NC2CCSCC2)n1. The average molecular weight is 314 g/mol. The van der Waals surface area contributed by atoms with Gasteiger partial charge >= 0.3 is 5.97 Å². The van der Waals surface area contributed by atoms with Gasteiger partial charge in [0, 0.05) is 11.4 Å². The third kappa shape index (κ3) is 3.67. The number of nitrogens with one attached hydrogen (secondary N) is 1. The Labute approximate surface area is 128 Å². The summed E-state index contributed by atoms with van der Waals surface area (Å²) in [6.07, 6.45) is 2.36. The molecule has 0 bridgehead atoms. The van der Waals surface area contributed by atoms with E-state index in [9.17, 15) is 4.79 Å². The number of anilines is 1. The number of nitrogens with zero attached hydrogens (tertiary/aromatic N) is 1. The standard InChI is InChI=1S/C14H22N2O2S2/c1-4-18-12(17)14(2,3)11-9-20-13(16-11)15-10-5-7-19-8-6-10/h9-10H,4-8H2,1-3H3,(H,15,16). The van der Waals surface area contributed by atoms with E-state index in [4.69, 9.17) is 4.74 Å². The van der Waals surface area contributed by atoms with Crippen molar-refractivity contribution in [2.75, 3.05) is 23.4 Å². The third-order valence-corrected chi connectivity index (χ3v) is 5.30. The highest BCUT2D eigenvalue weighted by Gasteiger charge is 2.34. The fraction of sp³-hybridized carbons (Fsp3) is 0.714. The van der Waals surface area contributed by atoms with Crippen LogP contribution in [0, 0.1) is 0 Å². The smallest absolute Gasteiger partial charge is 0.317 e. The summed E-state index contributed by atoms with van der Waals surface area (Å²) in [7, 11) is 0. The highest BCUT2D eigenvalue weighted by molar-refractivity contribution is 7.99. The van der Waals surface area contributed by atoms with Gasteiger partial charge in [-0.05, 0) is 45.1 Å². The van der Waals surface area contributed by atoms with Crippen molar-refractivity contribution in [2.24, 2.45) is 0 Å². The fourth-order valence-corrected chi connectivity index (χ4v) is 4.12. The third-order valence-electron chi connectivity index (χ3n) is 3.48. The molecule has 1 aromatic heterocycles. The van der Waals surface area contributed by atoms with Crippen molar-refractivity contribution < 1.29 is 9.53 Å². The zero-order valence-corrected chi connectivity index (χ0v) is 13.9. The molecule has 0 unspecified atom stereocenters. The molecule has 2 rings (SSSR count). The van der Waals surface area contributed by atoms with E-state index in [1.807, 2.05) is 37.9 Å². The molecule has 0 aromatic carbocycles. The Bertz CT molecular complexity index is 454. The van der Waals surface area contributed by atoms with Crippen LogP contribution in [0.3, 0.4) is 0 Å². The highest BCUT2D eigenvalue weighted by Crippen LogP contribution is 2.30. The van der Waals surface area contributed by atoms with E-state index in [1.54, 1.807) is 11.3 Å². The van der Waals surface area contributed by atoms with Crippen molar-refractivity contribution in [3.8, 4) is 0 Å². The Hall–Kier alpha value is -0.750. The number of hydrogen-bond acceptors (Lipinski definition) is 6. The molecule has 0 radical (unpaired) electrons. The van der Waals surface area contributed by atoms with Gasteiger partial charge in [-0.15, -0.1) is 11.3 Å². The van der Waals surface area contributed by atoms with Crippen molar-refractivity contribution >= 4 is 34.2 Å². The second kappa shape index (κ2) is 6.80. The van der Waals surface area contributed by atoms with Gasteiger partial charge in [-0.25, -0.2) is 4.98 Å². The highest BCUT2D eigenvalue weighted by atomic mass is 32.2. The monoisotopic (exact) mass is 314 g/mol. The number of thioether (sulfide) groups is 1. The molecule has 4 nitrogen and oxygen atoms in total. The molecule has 1 fully saturated rings. The minimum Gasteiger partial charge on any atom is -0.465 e. The lowest BCUT2D eigenvalue weighted by Crippen LogP contribution is -2.31. The zero-order valence-electron chi connectivity index (χ0n) is 12.3. The first-order chi connectivity index (χ1) is 9.54. The number of esters is 1. The quantitative estimate of drug-likeness (QED) is 0.845. The van der Waals surface area contributed by atoms with E-state index < -0.39 is 5.41 Å². The molecule has 0 aliphatic carbocycles. The minimum absolute atomic E-state index is 0.217. The molecule has 1 N–H and O–H groups in total. The lowest BCUT2D eigenvalue weighted by atomic mass is 9.90. The van der Waals surface area contributed by atoms with Gasteiger partial charge in [-0.3, -0.25) is 4.79 Å². The Morgan fingerprint density at radius 2 is 2.20 bits per heavy atom. The largest absolute Gasteiger partial charge is 0.465 e. The van der Waals surface area contributed by atoms with Crippen LogP contribution >= 0.6 is 23.1 Å². The lowest BCUT2D eigenvalue weighted by molar-refractivity contribution is -0.148. The predicted molar refractivity (Wildman–Crippen MR) is 85.7 cm³/mol. The van der Waals surface area contributed by atoms with Gasteiger partial charge in [0.05, 0.1) is 12.3 Å². The van der Waals surface area contributed by atoms with Gasteiger partial charge in [0.1, 0.15) is 5.41 Å².